The van der Waals surface area contributed by atoms with E-state index in [9.17, 15) is 14.9 Å². The summed E-state index contributed by atoms with van der Waals surface area (Å²) in [5.41, 5.74) is 1.25. The fraction of sp³-hybridized carbons (Fsp3) is 0.0870. The van der Waals surface area contributed by atoms with E-state index in [1.165, 1.54) is 28.0 Å². The average Bonchev–Trinajstić information content (AvgIpc) is 3.51. The van der Waals surface area contributed by atoms with Gasteiger partial charge in [-0.15, -0.1) is 5.10 Å². The van der Waals surface area contributed by atoms with Crippen molar-refractivity contribution in [2.45, 2.75) is 13.5 Å². The molecule has 0 atom stereocenters. The van der Waals surface area contributed by atoms with E-state index < -0.39 is 4.92 Å². The molecule has 33 heavy (non-hydrogen) atoms. The number of thiazole rings is 1. The summed E-state index contributed by atoms with van der Waals surface area (Å²) < 4.78 is 13.2. The van der Waals surface area contributed by atoms with Crippen molar-refractivity contribution in [3.05, 3.63) is 103 Å². The second kappa shape index (κ2) is 8.32. The molecular formula is C23H16N4O5S. The van der Waals surface area contributed by atoms with Gasteiger partial charge in [0.05, 0.1) is 4.92 Å². The first kappa shape index (κ1) is 20.6. The van der Waals surface area contributed by atoms with Crippen LogP contribution in [-0.2, 0) is 6.61 Å². The van der Waals surface area contributed by atoms with Crippen molar-refractivity contribution >= 4 is 28.1 Å². The van der Waals surface area contributed by atoms with E-state index in [4.69, 9.17) is 9.15 Å². The molecule has 0 bridgehead atoms. The van der Waals surface area contributed by atoms with Gasteiger partial charge in [-0.25, -0.2) is 0 Å². The lowest BCUT2D eigenvalue weighted by atomic mass is 10.1. The Kier molecular flexibility index (Phi) is 5.19. The number of furan rings is 1. The molecule has 3 aromatic heterocycles. The highest BCUT2D eigenvalue weighted by atomic mass is 32.1. The molecule has 0 saturated carbocycles. The molecule has 0 unspecified atom stereocenters. The number of nitro groups is 1. The first-order valence-electron chi connectivity index (χ1n) is 9.91. The molecule has 2 aromatic carbocycles. The lowest BCUT2D eigenvalue weighted by Crippen LogP contribution is -2.23. The topological polar surface area (TPSA) is 113 Å². The number of aromatic nitrogens is 3. The fourth-order valence-corrected chi connectivity index (χ4v) is 4.19. The van der Waals surface area contributed by atoms with Gasteiger partial charge in [-0.1, -0.05) is 41.7 Å². The van der Waals surface area contributed by atoms with Crippen LogP contribution in [0.1, 0.15) is 17.1 Å². The van der Waals surface area contributed by atoms with E-state index in [2.05, 4.69) is 10.1 Å². The first-order valence-corrected chi connectivity index (χ1v) is 10.7. The summed E-state index contributed by atoms with van der Waals surface area (Å²) in [4.78, 5) is 28.1. The van der Waals surface area contributed by atoms with Crippen LogP contribution < -0.4 is 14.8 Å². The molecule has 10 heteroatoms. The predicted octanol–water partition coefficient (Wildman–Crippen LogP) is 3.75. The molecule has 0 amide bonds. The van der Waals surface area contributed by atoms with Gasteiger partial charge >= 0.3 is 0 Å². The molecule has 0 aliphatic carbocycles. The molecule has 3 heterocycles. The van der Waals surface area contributed by atoms with Crippen molar-refractivity contribution < 1.29 is 14.1 Å². The third-order valence-corrected chi connectivity index (χ3v) is 5.88. The van der Waals surface area contributed by atoms with Crippen molar-refractivity contribution in [2.24, 2.45) is 0 Å². The van der Waals surface area contributed by atoms with Crippen molar-refractivity contribution in [3.8, 4) is 17.1 Å². The van der Waals surface area contributed by atoms with Gasteiger partial charge in [-0.05, 0) is 30.7 Å². The first-order chi connectivity index (χ1) is 16.0. The number of ether oxygens (including phenoxy) is 1. The highest BCUT2D eigenvalue weighted by Gasteiger charge is 2.13. The number of rotatable bonds is 6. The van der Waals surface area contributed by atoms with Crippen LogP contribution in [0.25, 0.3) is 22.4 Å². The lowest BCUT2D eigenvalue weighted by molar-refractivity contribution is -0.384. The van der Waals surface area contributed by atoms with Crippen molar-refractivity contribution in [1.29, 1.82) is 0 Å². The molecule has 0 aliphatic rings. The third kappa shape index (κ3) is 4.11. The number of fused-ring (bicyclic) bond motifs is 1. The minimum atomic E-state index is -0.460. The lowest BCUT2D eigenvalue weighted by Gasteiger charge is -2.05. The molecule has 0 saturated heterocycles. The molecule has 164 valence electrons. The van der Waals surface area contributed by atoms with Gasteiger partial charge in [-0.2, -0.15) is 9.50 Å². The van der Waals surface area contributed by atoms with E-state index in [1.807, 2.05) is 31.2 Å². The van der Waals surface area contributed by atoms with E-state index >= 15 is 0 Å². The van der Waals surface area contributed by atoms with Crippen LogP contribution in [0.3, 0.4) is 0 Å². The van der Waals surface area contributed by atoms with Crippen LogP contribution in [0.5, 0.6) is 5.75 Å². The third-order valence-electron chi connectivity index (χ3n) is 4.92. The number of benzene rings is 2. The van der Waals surface area contributed by atoms with Crippen LogP contribution in [0.4, 0.5) is 5.69 Å². The maximum absolute atomic E-state index is 12.8. The predicted molar refractivity (Wildman–Crippen MR) is 122 cm³/mol. The largest absolute Gasteiger partial charge is 0.485 e. The Hall–Kier alpha value is -4.31. The molecule has 0 radical (unpaired) electrons. The van der Waals surface area contributed by atoms with Gasteiger partial charge in [0.1, 0.15) is 28.4 Å². The molecule has 5 rings (SSSR count). The number of hydrogen-bond donors (Lipinski definition) is 0. The smallest absolute Gasteiger partial charge is 0.291 e. The van der Waals surface area contributed by atoms with E-state index in [0.717, 1.165) is 11.3 Å². The standard InChI is InChI=1S/C23H16N4O5S/c1-14-5-2-3-8-18(14)31-13-21-24-23-26(25-21)22(28)20(33-23)12-17-9-10-19(32-17)15-6-4-7-16(11-15)27(29)30/h2-12H,13H2,1H3. The Labute approximate surface area is 190 Å². The Balaban J connectivity index is 1.39. The van der Waals surface area contributed by atoms with Gasteiger partial charge in [0.2, 0.25) is 4.96 Å². The summed E-state index contributed by atoms with van der Waals surface area (Å²) in [6, 6.07) is 17.2. The number of para-hydroxylation sites is 1. The Morgan fingerprint density at radius 3 is 2.82 bits per heavy atom. The fourth-order valence-electron chi connectivity index (χ4n) is 3.28. The van der Waals surface area contributed by atoms with E-state index in [1.54, 1.807) is 30.3 Å². The van der Waals surface area contributed by atoms with Crippen LogP contribution in [0.2, 0.25) is 0 Å². The van der Waals surface area contributed by atoms with Gasteiger partial charge in [0.25, 0.3) is 11.2 Å². The van der Waals surface area contributed by atoms with E-state index in [0.29, 0.717) is 32.4 Å². The monoisotopic (exact) mass is 460 g/mol. The minimum absolute atomic E-state index is 0.0240. The number of hydrogen-bond acceptors (Lipinski definition) is 8. The highest BCUT2D eigenvalue weighted by molar-refractivity contribution is 7.15. The van der Waals surface area contributed by atoms with Crippen LogP contribution in [0.15, 0.2) is 69.9 Å². The van der Waals surface area contributed by atoms with Gasteiger partial charge in [0.15, 0.2) is 5.82 Å². The molecule has 9 nitrogen and oxygen atoms in total. The zero-order valence-corrected chi connectivity index (χ0v) is 18.1. The number of nitro benzene ring substituents is 1. The summed E-state index contributed by atoms with van der Waals surface area (Å²) in [5.74, 6) is 2.07. The van der Waals surface area contributed by atoms with Crippen molar-refractivity contribution in [3.63, 3.8) is 0 Å². The summed E-state index contributed by atoms with van der Waals surface area (Å²) >= 11 is 1.19. The van der Waals surface area contributed by atoms with Crippen LogP contribution in [0, 0.1) is 17.0 Å². The average molecular weight is 460 g/mol. The Bertz CT molecular complexity index is 1600. The van der Waals surface area contributed by atoms with Crippen molar-refractivity contribution in [2.75, 3.05) is 0 Å². The molecule has 0 spiro atoms. The number of non-ortho nitro benzene ring substituents is 1. The zero-order chi connectivity index (χ0) is 22.9. The number of aryl methyl sites for hydroxylation is 1. The molecular weight excluding hydrogens is 444 g/mol. The summed E-state index contributed by atoms with van der Waals surface area (Å²) in [5, 5.41) is 15.3. The molecule has 5 aromatic rings. The SMILES string of the molecule is Cc1ccccc1OCc1nc2sc(=Cc3ccc(-c4cccc([N+](=O)[O-])c4)o3)c(=O)n2n1. The second-order valence-corrected chi connectivity index (χ2v) is 8.21. The molecule has 0 N–H and O–H groups in total. The van der Waals surface area contributed by atoms with Gasteiger partial charge < -0.3 is 9.15 Å². The minimum Gasteiger partial charge on any atom is -0.485 e. The normalized spacial score (nSPS) is 11.8. The summed E-state index contributed by atoms with van der Waals surface area (Å²) in [6.45, 7) is 2.11. The summed E-state index contributed by atoms with van der Waals surface area (Å²) in [6.07, 6.45) is 1.60. The van der Waals surface area contributed by atoms with Crippen LogP contribution >= 0.6 is 11.3 Å². The van der Waals surface area contributed by atoms with Gasteiger partial charge in [0, 0.05) is 23.8 Å². The Morgan fingerprint density at radius 1 is 1.18 bits per heavy atom. The maximum Gasteiger partial charge on any atom is 0.291 e. The highest BCUT2D eigenvalue weighted by Crippen LogP contribution is 2.26. The van der Waals surface area contributed by atoms with Crippen LogP contribution in [-0.4, -0.2) is 19.5 Å². The van der Waals surface area contributed by atoms with Crippen molar-refractivity contribution in [1.82, 2.24) is 14.6 Å². The Morgan fingerprint density at radius 2 is 2.03 bits per heavy atom. The molecule has 0 aliphatic heterocycles. The maximum atomic E-state index is 12.8. The quantitative estimate of drug-likeness (QED) is 0.280. The van der Waals surface area contributed by atoms with Gasteiger partial charge in [-0.3, -0.25) is 14.9 Å². The summed E-state index contributed by atoms with van der Waals surface area (Å²) in [7, 11) is 0. The zero-order valence-electron chi connectivity index (χ0n) is 17.3. The molecule has 0 fully saturated rings. The number of nitrogens with zero attached hydrogens (tertiary/aromatic N) is 4. The van der Waals surface area contributed by atoms with E-state index in [-0.39, 0.29) is 17.9 Å². The second-order valence-electron chi connectivity index (χ2n) is 7.20.